The lowest BCUT2D eigenvalue weighted by Crippen LogP contribution is -2.27. The van der Waals surface area contributed by atoms with Gasteiger partial charge in [-0.3, -0.25) is 0 Å². The lowest BCUT2D eigenvalue weighted by atomic mass is 10.0. The van der Waals surface area contributed by atoms with Gasteiger partial charge in [0.05, 0.1) is 6.61 Å². The topological polar surface area (TPSA) is 21.3 Å². The molecule has 0 amide bonds. The SMILES string of the molecule is CCCNC(C)/C(C)=C/c1ccc2c(c1)CCO2. The van der Waals surface area contributed by atoms with Crippen molar-refractivity contribution in [1.82, 2.24) is 5.32 Å². The van der Waals surface area contributed by atoms with Crippen LogP contribution >= 0.6 is 0 Å². The molecule has 98 valence electrons. The predicted octanol–water partition coefficient (Wildman–Crippen LogP) is 3.41. The van der Waals surface area contributed by atoms with Crippen molar-refractivity contribution >= 4 is 6.08 Å². The average molecular weight is 245 g/mol. The van der Waals surface area contributed by atoms with Gasteiger partial charge in [0.1, 0.15) is 5.75 Å². The summed E-state index contributed by atoms with van der Waals surface area (Å²) in [4.78, 5) is 0. The molecule has 0 saturated carbocycles. The normalized spacial score (nSPS) is 16.3. The van der Waals surface area contributed by atoms with Crippen LogP contribution in [0.4, 0.5) is 0 Å². The highest BCUT2D eigenvalue weighted by molar-refractivity contribution is 5.57. The number of hydrogen-bond acceptors (Lipinski definition) is 2. The fourth-order valence-corrected chi connectivity index (χ4v) is 2.21. The first-order valence-corrected chi connectivity index (χ1v) is 6.88. The van der Waals surface area contributed by atoms with Gasteiger partial charge in [0.25, 0.3) is 0 Å². The Kier molecular flexibility index (Phi) is 4.43. The summed E-state index contributed by atoms with van der Waals surface area (Å²) in [6.07, 6.45) is 4.49. The monoisotopic (exact) mass is 245 g/mol. The zero-order valence-electron chi connectivity index (χ0n) is 11.6. The molecule has 0 radical (unpaired) electrons. The molecule has 1 aliphatic heterocycles. The minimum atomic E-state index is 0.439. The van der Waals surface area contributed by atoms with Gasteiger partial charge in [-0.2, -0.15) is 0 Å². The van der Waals surface area contributed by atoms with E-state index in [2.05, 4.69) is 50.4 Å². The van der Waals surface area contributed by atoms with Crippen LogP contribution in [0.2, 0.25) is 0 Å². The molecule has 2 nitrogen and oxygen atoms in total. The molecular formula is C16H23NO. The highest BCUT2D eigenvalue weighted by Crippen LogP contribution is 2.26. The first-order valence-electron chi connectivity index (χ1n) is 6.88. The largest absolute Gasteiger partial charge is 0.493 e. The number of hydrogen-bond donors (Lipinski definition) is 1. The minimum absolute atomic E-state index is 0.439. The van der Waals surface area contributed by atoms with E-state index in [-0.39, 0.29) is 0 Å². The maximum Gasteiger partial charge on any atom is 0.122 e. The van der Waals surface area contributed by atoms with Crippen molar-refractivity contribution in [1.29, 1.82) is 0 Å². The highest BCUT2D eigenvalue weighted by Gasteiger charge is 2.11. The van der Waals surface area contributed by atoms with Crippen LogP contribution in [0.1, 0.15) is 38.3 Å². The predicted molar refractivity (Wildman–Crippen MR) is 77.0 cm³/mol. The quantitative estimate of drug-likeness (QED) is 0.858. The zero-order valence-corrected chi connectivity index (χ0v) is 11.6. The summed E-state index contributed by atoms with van der Waals surface area (Å²) < 4.78 is 5.53. The zero-order chi connectivity index (χ0) is 13.0. The molecule has 1 unspecified atom stereocenters. The Hall–Kier alpha value is -1.28. The van der Waals surface area contributed by atoms with Crippen LogP contribution in [-0.2, 0) is 6.42 Å². The maximum atomic E-state index is 5.53. The van der Waals surface area contributed by atoms with Crippen molar-refractivity contribution in [2.45, 2.75) is 39.7 Å². The Morgan fingerprint density at radius 1 is 1.50 bits per heavy atom. The summed E-state index contributed by atoms with van der Waals surface area (Å²) in [5.74, 6) is 1.06. The number of rotatable bonds is 5. The van der Waals surface area contributed by atoms with Crippen molar-refractivity contribution in [2.75, 3.05) is 13.2 Å². The smallest absolute Gasteiger partial charge is 0.122 e. The molecule has 2 heteroatoms. The van der Waals surface area contributed by atoms with Gasteiger partial charge in [-0.25, -0.2) is 0 Å². The van der Waals surface area contributed by atoms with E-state index < -0.39 is 0 Å². The van der Waals surface area contributed by atoms with Crippen LogP contribution < -0.4 is 10.1 Å². The van der Waals surface area contributed by atoms with Crippen molar-refractivity contribution < 1.29 is 4.74 Å². The molecule has 1 aromatic carbocycles. The van der Waals surface area contributed by atoms with Gasteiger partial charge in [-0.05, 0) is 50.1 Å². The molecule has 1 heterocycles. The van der Waals surface area contributed by atoms with Gasteiger partial charge in [-0.1, -0.05) is 24.6 Å². The van der Waals surface area contributed by atoms with Gasteiger partial charge in [-0.15, -0.1) is 0 Å². The minimum Gasteiger partial charge on any atom is -0.493 e. The molecule has 0 saturated heterocycles. The van der Waals surface area contributed by atoms with Crippen molar-refractivity contribution in [3.05, 3.63) is 34.9 Å². The summed E-state index contributed by atoms with van der Waals surface area (Å²) in [7, 11) is 0. The van der Waals surface area contributed by atoms with Crippen molar-refractivity contribution in [2.24, 2.45) is 0 Å². The van der Waals surface area contributed by atoms with Gasteiger partial charge < -0.3 is 10.1 Å². The molecule has 1 aromatic rings. The molecule has 2 rings (SSSR count). The van der Waals surface area contributed by atoms with Gasteiger partial charge >= 0.3 is 0 Å². The van der Waals surface area contributed by atoms with E-state index in [9.17, 15) is 0 Å². The van der Waals surface area contributed by atoms with E-state index in [1.54, 1.807) is 0 Å². The fraction of sp³-hybridized carbons (Fsp3) is 0.500. The van der Waals surface area contributed by atoms with Crippen LogP contribution in [0, 0.1) is 0 Å². The number of benzene rings is 1. The fourth-order valence-electron chi connectivity index (χ4n) is 2.21. The third kappa shape index (κ3) is 3.14. The first kappa shape index (κ1) is 13.2. The van der Waals surface area contributed by atoms with Gasteiger partial charge in [0.2, 0.25) is 0 Å². The summed E-state index contributed by atoms with van der Waals surface area (Å²) in [6.45, 7) is 8.51. The van der Waals surface area contributed by atoms with Crippen molar-refractivity contribution in [3.8, 4) is 5.75 Å². The standard InChI is InChI=1S/C16H23NO/c1-4-8-17-13(3)12(2)10-14-5-6-16-15(11-14)7-9-18-16/h5-6,10-11,13,17H,4,7-9H2,1-3H3/b12-10+. The summed E-state index contributed by atoms with van der Waals surface area (Å²) in [5, 5.41) is 3.51. The van der Waals surface area contributed by atoms with E-state index in [1.165, 1.54) is 23.1 Å². The van der Waals surface area contributed by atoms with E-state index in [0.29, 0.717) is 6.04 Å². The molecule has 0 spiro atoms. The second kappa shape index (κ2) is 6.05. The second-order valence-electron chi connectivity index (χ2n) is 5.03. The van der Waals surface area contributed by atoms with E-state index >= 15 is 0 Å². The number of ether oxygens (including phenoxy) is 1. The summed E-state index contributed by atoms with van der Waals surface area (Å²) in [6, 6.07) is 6.92. The Balaban J connectivity index is 2.07. The van der Waals surface area contributed by atoms with E-state index in [4.69, 9.17) is 4.74 Å². The summed E-state index contributed by atoms with van der Waals surface area (Å²) >= 11 is 0. The number of nitrogens with one attached hydrogen (secondary N) is 1. The maximum absolute atomic E-state index is 5.53. The van der Waals surface area contributed by atoms with E-state index in [1.807, 2.05) is 0 Å². The molecular weight excluding hydrogens is 222 g/mol. The summed E-state index contributed by atoms with van der Waals surface area (Å²) in [5.41, 5.74) is 4.00. The van der Waals surface area contributed by atoms with Crippen LogP contribution in [0.5, 0.6) is 5.75 Å². The molecule has 0 bridgehead atoms. The van der Waals surface area contributed by atoms with Crippen LogP contribution in [0.3, 0.4) is 0 Å². The average Bonchev–Trinajstić information content (AvgIpc) is 2.83. The second-order valence-corrected chi connectivity index (χ2v) is 5.03. The number of fused-ring (bicyclic) bond motifs is 1. The van der Waals surface area contributed by atoms with E-state index in [0.717, 1.165) is 25.3 Å². The Morgan fingerprint density at radius 3 is 3.11 bits per heavy atom. The van der Waals surface area contributed by atoms with Gasteiger partial charge in [0, 0.05) is 12.5 Å². The van der Waals surface area contributed by atoms with Crippen LogP contribution in [-0.4, -0.2) is 19.2 Å². The Bertz CT molecular complexity index is 437. The molecule has 1 atom stereocenters. The van der Waals surface area contributed by atoms with Gasteiger partial charge in [0.15, 0.2) is 0 Å². The Morgan fingerprint density at radius 2 is 2.33 bits per heavy atom. The highest BCUT2D eigenvalue weighted by atomic mass is 16.5. The first-order chi connectivity index (χ1) is 8.70. The molecule has 0 fully saturated rings. The lowest BCUT2D eigenvalue weighted by Gasteiger charge is -2.14. The third-order valence-electron chi connectivity index (χ3n) is 3.49. The molecule has 1 N–H and O–H groups in total. The lowest BCUT2D eigenvalue weighted by molar-refractivity contribution is 0.357. The molecule has 1 aliphatic rings. The van der Waals surface area contributed by atoms with Crippen LogP contribution in [0.15, 0.2) is 23.8 Å². The third-order valence-corrected chi connectivity index (χ3v) is 3.49. The molecule has 0 aromatic heterocycles. The van der Waals surface area contributed by atoms with Crippen molar-refractivity contribution in [3.63, 3.8) is 0 Å². The van der Waals surface area contributed by atoms with Crippen LogP contribution in [0.25, 0.3) is 6.08 Å². The Labute approximate surface area is 110 Å². The molecule has 18 heavy (non-hydrogen) atoms. The molecule has 0 aliphatic carbocycles.